The molecule has 1 rings (SSSR count). The lowest BCUT2D eigenvalue weighted by atomic mass is 10.0. The van der Waals surface area contributed by atoms with Crippen molar-refractivity contribution < 1.29 is 0 Å². The SMILES string of the molecule is CC.CC1=CC(C)C(C)C1.CN. The van der Waals surface area contributed by atoms with Gasteiger partial charge in [-0.3, -0.25) is 0 Å². The third-order valence-electron chi connectivity index (χ3n) is 2.09. The summed E-state index contributed by atoms with van der Waals surface area (Å²) in [6.45, 7) is 10.8. The number of nitrogens with two attached hydrogens (primary N) is 1. The molecular formula is C11H25N. The third kappa shape index (κ3) is 5.36. The number of hydrogen-bond donors (Lipinski definition) is 1. The second kappa shape index (κ2) is 8.79. The van der Waals surface area contributed by atoms with E-state index >= 15 is 0 Å². The maximum atomic E-state index is 4.50. The van der Waals surface area contributed by atoms with Crippen molar-refractivity contribution in [2.24, 2.45) is 17.6 Å². The lowest BCUT2D eigenvalue weighted by Crippen LogP contribution is -1.96. The predicted octanol–water partition coefficient (Wildman–Crippen LogP) is 3.21. The molecule has 0 amide bonds. The highest BCUT2D eigenvalue weighted by molar-refractivity contribution is 5.09. The van der Waals surface area contributed by atoms with Gasteiger partial charge < -0.3 is 5.73 Å². The van der Waals surface area contributed by atoms with Crippen molar-refractivity contribution in [1.29, 1.82) is 0 Å². The highest BCUT2D eigenvalue weighted by atomic mass is 14.4. The van der Waals surface area contributed by atoms with E-state index in [1.165, 1.54) is 13.5 Å². The average molecular weight is 171 g/mol. The minimum atomic E-state index is 0.829. The molecule has 0 radical (unpaired) electrons. The van der Waals surface area contributed by atoms with Crippen LogP contribution in [-0.4, -0.2) is 7.05 Å². The quantitative estimate of drug-likeness (QED) is 0.556. The van der Waals surface area contributed by atoms with Crippen LogP contribution in [0.1, 0.15) is 41.0 Å². The number of allylic oxidation sites excluding steroid dienone is 2. The molecule has 0 fully saturated rings. The maximum Gasteiger partial charge on any atom is -0.0195 e. The summed E-state index contributed by atoms with van der Waals surface area (Å²) in [5.41, 5.74) is 6.07. The van der Waals surface area contributed by atoms with E-state index in [0.717, 1.165) is 11.8 Å². The molecule has 0 aromatic rings. The molecule has 1 nitrogen and oxygen atoms in total. The summed E-state index contributed by atoms with van der Waals surface area (Å²) >= 11 is 0. The van der Waals surface area contributed by atoms with Gasteiger partial charge in [0, 0.05) is 0 Å². The summed E-state index contributed by atoms with van der Waals surface area (Å²) in [6.07, 6.45) is 3.70. The first kappa shape index (κ1) is 14.2. The minimum absolute atomic E-state index is 0.829. The summed E-state index contributed by atoms with van der Waals surface area (Å²) in [6, 6.07) is 0. The predicted molar refractivity (Wildman–Crippen MR) is 58.2 cm³/mol. The van der Waals surface area contributed by atoms with Crippen LogP contribution in [0.25, 0.3) is 0 Å². The van der Waals surface area contributed by atoms with E-state index in [0.29, 0.717) is 0 Å². The van der Waals surface area contributed by atoms with Crippen LogP contribution < -0.4 is 5.73 Å². The van der Waals surface area contributed by atoms with Crippen LogP contribution in [0.2, 0.25) is 0 Å². The number of hydrogen-bond acceptors (Lipinski definition) is 1. The third-order valence-corrected chi connectivity index (χ3v) is 2.09. The zero-order chi connectivity index (χ0) is 10.1. The van der Waals surface area contributed by atoms with Gasteiger partial charge in [-0.15, -0.1) is 0 Å². The fourth-order valence-corrected chi connectivity index (χ4v) is 1.37. The van der Waals surface area contributed by atoms with Gasteiger partial charge in [-0.1, -0.05) is 39.3 Å². The van der Waals surface area contributed by atoms with E-state index in [4.69, 9.17) is 0 Å². The van der Waals surface area contributed by atoms with Gasteiger partial charge >= 0.3 is 0 Å². The minimum Gasteiger partial charge on any atom is -0.333 e. The Morgan fingerprint density at radius 3 is 1.75 bits per heavy atom. The molecule has 0 aromatic carbocycles. The zero-order valence-corrected chi connectivity index (χ0v) is 9.52. The van der Waals surface area contributed by atoms with Crippen LogP contribution >= 0.6 is 0 Å². The van der Waals surface area contributed by atoms with Crippen LogP contribution in [0.5, 0.6) is 0 Å². The van der Waals surface area contributed by atoms with Crippen LogP contribution in [0.3, 0.4) is 0 Å². The second-order valence-corrected chi connectivity index (χ2v) is 3.05. The molecule has 0 aliphatic heterocycles. The Labute approximate surface area is 78.0 Å². The van der Waals surface area contributed by atoms with Crippen molar-refractivity contribution in [2.75, 3.05) is 7.05 Å². The monoisotopic (exact) mass is 171 g/mol. The van der Waals surface area contributed by atoms with Gasteiger partial charge in [-0.25, -0.2) is 0 Å². The Morgan fingerprint density at radius 2 is 1.67 bits per heavy atom. The normalized spacial score (nSPS) is 26.1. The van der Waals surface area contributed by atoms with Crippen molar-refractivity contribution in [3.8, 4) is 0 Å². The summed E-state index contributed by atoms with van der Waals surface area (Å²) in [7, 11) is 1.50. The summed E-state index contributed by atoms with van der Waals surface area (Å²) < 4.78 is 0. The summed E-state index contributed by atoms with van der Waals surface area (Å²) in [4.78, 5) is 0. The topological polar surface area (TPSA) is 26.0 Å². The van der Waals surface area contributed by atoms with Gasteiger partial charge in [-0.2, -0.15) is 0 Å². The Kier molecular flexibility index (Phi) is 10.4. The lowest BCUT2D eigenvalue weighted by molar-refractivity contribution is 0.494. The molecule has 2 N–H and O–H groups in total. The van der Waals surface area contributed by atoms with Gasteiger partial charge in [0.05, 0.1) is 0 Å². The second-order valence-electron chi connectivity index (χ2n) is 3.05. The van der Waals surface area contributed by atoms with Crippen molar-refractivity contribution in [2.45, 2.75) is 41.0 Å². The van der Waals surface area contributed by atoms with E-state index in [-0.39, 0.29) is 0 Å². The van der Waals surface area contributed by atoms with Crippen molar-refractivity contribution in [3.63, 3.8) is 0 Å². The van der Waals surface area contributed by atoms with Gasteiger partial charge in [0.25, 0.3) is 0 Å². The molecule has 0 bridgehead atoms. The maximum absolute atomic E-state index is 4.50. The Balaban J connectivity index is 0. The van der Waals surface area contributed by atoms with E-state index in [1.807, 2.05) is 13.8 Å². The van der Waals surface area contributed by atoms with Crippen LogP contribution in [0.15, 0.2) is 11.6 Å². The standard InChI is InChI=1S/C8H14.C2H6.CH5N/c1-6-4-7(2)8(3)5-6;2*1-2/h4,7-8H,5H2,1-3H3;1-2H3;2H2,1H3. The van der Waals surface area contributed by atoms with Crippen molar-refractivity contribution in [3.05, 3.63) is 11.6 Å². The Bertz CT molecular complexity index is 116. The molecule has 74 valence electrons. The fourth-order valence-electron chi connectivity index (χ4n) is 1.37. The van der Waals surface area contributed by atoms with Crippen LogP contribution in [0, 0.1) is 11.8 Å². The fraction of sp³-hybridized carbons (Fsp3) is 0.818. The van der Waals surface area contributed by atoms with Crippen molar-refractivity contribution >= 4 is 0 Å². The van der Waals surface area contributed by atoms with Gasteiger partial charge in [0.1, 0.15) is 0 Å². The average Bonchev–Trinajstić information content (AvgIpc) is 2.37. The first-order chi connectivity index (χ1) is 5.70. The molecule has 0 saturated carbocycles. The largest absolute Gasteiger partial charge is 0.333 e. The van der Waals surface area contributed by atoms with E-state index in [1.54, 1.807) is 5.57 Å². The molecule has 0 saturated heterocycles. The van der Waals surface area contributed by atoms with Gasteiger partial charge in [0.2, 0.25) is 0 Å². The first-order valence-corrected chi connectivity index (χ1v) is 4.95. The van der Waals surface area contributed by atoms with Gasteiger partial charge in [0.15, 0.2) is 0 Å². The lowest BCUT2D eigenvalue weighted by Gasteiger charge is -2.05. The Hall–Kier alpha value is -0.300. The molecule has 1 heteroatoms. The van der Waals surface area contributed by atoms with Crippen molar-refractivity contribution in [1.82, 2.24) is 0 Å². The molecule has 0 aromatic heterocycles. The molecule has 1 aliphatic rings. The number of rotatable bonds is 0. The molecule has 12 heavy (non-hydrogen) atoms. The van der Waals surface area contributed by atoms with Crippen LogP contribution in [0.4, 0.5) is 0 Å². The smallest absolute Gasteiger partial charge is 0.0195 e. The summed E-state index contributed by atoms with van der Waals surface area (Å²) in [5.74, 6) is 1.73. The molecule has 1 aliphatic carbocycles. The summed E-state index contributed by atoms with van der Waals surface area (Å²) in [5, 5.41) is 0. The van der Waals surface area contributed by atoms with Gasteiger partial charge in [-0.05, 0) is 32.2 Å². The molecular weight excluding hydrogens is 146 g/mol. The van der Waals surface area contributed by atoms with E-state index in [2.05, 4.69) is 32.6 Å². The highest BCUT2D eigenvalue weighted by Crippen LogP contribution is 2.28. The molecule has 2 atom stereocenters. The highest BCUT2D eigenvalue weighted by Gasteiger charge is 2.16. The van der Waals surface area contributed by atoms with E-state index in [9.17, 15) is 0 Å². The van der Waals surface area contributed by atoms with Crippen LogP contribution in [-0.2, 0) is 0 Å². The molecule has 2 unspecified atom stereocenters. The molecule has 0 heterocycles. The molecule has 0 spiro atoms. The first-order valence-electron chi connectivity index (χ1n) is 4.95. The van der Waals surface area contributed by atoms with E-state index < -0.39 is 0 Å². The Morgan fingerprint density at radius 1 is 1.25 bits per heavy atom. The zero-order valence-electron chi connectivity index (χ0n) is 9.52.